The lowest BCUT2D eigenvalue weighted by molar-refractivity contribution is 0.194. The first-order chi connectivity index (χ1) is 7.75. The van der Waals surface area contributed by atoms with Gasteiger partial charge in [-0.2, -0.15) is 0 Å². The van der Waals surface area contributed by atoms with Crippen LogP contribution in [0.3, 0.4) is 0 Å². The molecule has 1 fully saturated rings. The molecule has 0 saturated carbocycles. The van der Waals surface area contributed by atoms with Gasteiger partial charge in [-0.3, -0.25) is 0 Å². The van der Waals surface area contributed by atoms with Gasteiger partial charge in [-0.05, 0) is 62.9 Å². The maximum absolute atomic E-state index is 6.01. The lowest BCUT2D eigenvalue weighted by Crippen LogP contribution is -2.29. The summed E-state index contributed by atoms with van der Waals surface area (Å²) in [4.78, 5) is 0. The molecule has 1 aliphatic rings. The van der Waals surface area contributed by atoms with Gasteiger partial charge < -0.3 is 10.1 Å². The summed E-state index contributed by atoms with van der Waals surface area (Å²) >= 11 is 0. The monoisotopic (exact) mass is 219 g/mol. The SMILES string of the molecule is Cc1ccc(OC2CCCCNC2)cc1C. The molecule has 1 aromatic rings. The summed E-state index contributed by atoms with van der Waals surface area (Å²) in [6.07, 6.45) is 4.04. The Morgan fingerprint density at radius 3 is 2.88 bits per heavy atom. The minimum absolute atomic E-state index is 0.338. The Morgan fingerprint density at radius 2 is 2.06 bits per heavy atom. The van der Waals surface area contributed by atoms with Gasteiger partial charge in [0.05, 0.1) is 0 Å². The topological polar surface area (TPSA) is 21.3 Å². The normalized spacial score (nSPS) is 21.5. The predicted octanol–water partition coefficient (Wildman–Crippen LogP) is 2.82. The van der Waals surface area contributed by atoms with Crippen LogP contribution >= 0.6 is 0 Å². The van der Waals surface area contributed by atoms with Crippen molar-refractivity contribution in [3.63, 3.8) is 0 Å². The largest absolute Gasteiger partial charge is 0.489 e. The fourth-order valence-electron chi connectivity index (χ4n) is 2.07. The van der Waals surface area contributed by atoms with E-state index >= 15 is 0 Å². The molecule has 2 heteroatoms. The average Bonchev–Trinajstić information content (AvgIpc) is 2.52. The third kappa shape index (κ3) is 2.99. The van der Waals surface area contributed by atoms with Gasteiger partial charge in [-0.15, -0.1) is 0 Å². The Labute approximate surface area is 98.0 Å². The van der Waals surface area contributed by atoms with Crippen LogP contribution in [-0.4, -0.2) is 19.2 Å². The van der Waals surface area contributed by atoms with Crippen molar-refractivity contribution < 1.29 is 4.74 Å². The predicted molar refractivity (Wildman–Crippen MR) is 67.1 cm³/mol. The van der Waals surface area contributed by atoms with E-state index in [-0.39, 0.29) is 0 Å². The van der Waals surface area contributed by atoms with Gasteiger partial charge in [0.1, 0.15) is 11.9 Å². The first-order valence-electron chi connectivity index (χ1n) is 6.20. The molecule has 16 heavy (non-hydrogen) atoms. The van der Waals surface area contributed by atoms with E-state index < -0.39 is 0 Å². The van der Waals surface area contributed by atoms with Crippen molar-refractivity contribution in [1.82, 2.24) is 5.32 Å². The van der Waals surface area contributed by atoms with Crippen LogP contribution in [0.15, 0.2) is 18.2 Å². The van der Waals surface area contributed by atoms with Crippen molar-refractivity contribution in [3.05, 3.63) is 29.3 Å². The van der Waals surface area contributed by atoms with Crippen LogP contribution in [0.4, 0.5) is 0 Å². The molecule has 2 rings (SSSR count). The molecule has 1 aliphatic heterocycles. The van der Waals surface area contributed by atoms with E-state index in [2.05, 4.69) is 37.4 Å². The third-order valence-electron chi connectivity index (χ3n) is 3.28. The molecule has 88 valence electrons. The number of hydrogen-bond acceptors (Lipinski definition) is 2. The second kappa shape index (κ2) is 5.35. The van der Waals surface area contributed by atoms with Crippen LogP contribution in [0.5, 0.6) is 5.75 Å². The highest BCUT2D eigenvalue weighted by molar-refractivity contribution is 5.33. The number of benzene rings is 1. The number of ether oxygens (including phenoxy) is 1. The van der Waals surface area contributed by atoms with E-state index in [4.69, 9.17) is 4.74 Å². The van der Waals surface area contributed by atoms with Gasteiger partial charge in [0.15, 0.2) is 0 Å². The lowest BCUT2D eigenvalue weighted by Gasteiger charge is -2.17. The standard InChI is InChI=1S/C14H21NO/c1-11-6-7-13(9-12(11)2)16-14-5-3-4-8-15-10-14/h6-7,9,14-15H,3-5,8,10H2,1-2H3. The quantitative estimate of drug-likeness (QED) is 0.826. The van der Waals surface area contributed by atoms with Crippen LogP contribution in [0.2, 0.25) is 0 Å². The lowest BCUT2D eigenvalue weighted by atomic mass is 10.1. The smallest absolute Gasteiger partial charge is 0.120 e. The van der Waals surface area contributed by atoms with Crippen LogP contribution in [-0.2, 0) is 0 Å². The van der Waals surface area contributed by atoms with E-state index in [1.54, 1.807) is 0 Å². The Morgan fingerprint density at radius 1 is 1.19 bits per heavy atom. The van der Waals surface area contributed by atoms with Crippen LogP contribution in [0.1, 0.15) is 30.4 Å². The molecule has 1 heterocycles. The maximum atomic E-state index is 6.01. The van der Waals surface area contributed by atoms with E-state index in [0.717, 1.165) is 18.8 Å². The van der Waals surface area contributed by atoms with E-state index in [1.165, 1.54) is 30.4 Å². The van der Waals surface area contributed by atoms with E-state index in [1.807, 2.05) is 0 Å². The Kier molecular flexibility index (Phi) is 3.83. The van der Waals surface area contributed by atoms with Gasteiger partial charge in [0.2, 0.25) is 0 Å². The Balaban J connectivity index is 1.99. The number of rotatable bonds is 2. The summed E-state index contributed by atoms with van der Waals surface area (Å²) in [5.41, 5.74) is 2.63. The minimum atomic E-state index is 0.338. The summed E-state index contributed by atoms with van der Waals surface area (Å²) in [7, 11) is 0. The summed E-state index contributed by atoms with van der Waals surface area (Å²) in [5, 5.41) is 3.42. The molecular formula is C14H21NO. The molecule has 0 aliphatic carbocycles. The average molecular weight is 219 g/mol. The van der Waals surface area contributed by atoms with E-state index in [9.17, 15) is 0 Å². The summed E-state index contributed by atoms with van der Waals surface area (Å²) in [5.74, 6) is 1.01. The van der Waals surface area contributed by atoms with Gasteiger partial charge in [0, 0.05) is 6.54 Å². The molecule has 0 spiro atoms. The summed E-state index contributed by atoms with van der Waals surface area (Å²) in [6, 6.07) is 6.35. The van der Waals surface area contributed by atoms with E-state index in [0.29, 0.717) is 6.10 Å². The minimum Gasteiger partial charge on any atom is -0.489 e. The highest BCUT2D eigenvalue weighted by atomic mass is 16.5. The highest BCUT2D eigenvalue weighted by Gasteiger charge is 2.13. The third-order valence-corrected chi connectivity index (χ3v) is 3.28. The second-order valence-electron chi connectivity index (χ2n) is 4.69. The highest BCUT2D eigenvalue weighted by Crippen LogP contribution is 2.19. The van der Waals surface area contributed by atoms with Crippen molar-refractivity contribution in [2.45, 2.75) is 39.2 Å². The molecule has 1 saturated heterocycles. The van der Waals surface area contributed by atoms with Crippen LogP contribution in [0.25, 0.3) is 0 Å². The van der Waals surface area contributed by atoms with Gasteiger partial charge in [-0.25, -0.2) is 0 Å². The molecular weight excluding hydrogens is 198 g/mol. The molecule has 1 N–H and O–H groups in total. The van der Waals surface area contributed by atoms with Crippen LogP contribution < -0.4 is 10.1 Å². The van der Waals surface area contributed by atoms with Crippen molar-refractivity contribution in [2.24, 2.45) is 0 Å². The van der Waals surface area contributed by atoms with Gasteiger partial charge >= 0.3 is 0 Å². The van der Waals surface area contributed by atoms with Crippen molar-refractivity contribution in [3.8, 4) is 5.75 Å². The zero-order valence-corrected chi connectivity index (χ0v) is 10.3. The number of aryl methyl sites for hydroxylation is 2. The van der Waals surface area contributed by atoms with Crippen molar-refractivity contribution >= 4 is 0 Å². The fourth-order valence-corrected chi connectivity index (χ4v) is 2.07. The van der Waals surface area contributed by atoms with Crippen molar-refractivity contribution in [2.75, 3.05) is 13.1 Å². The molecule has 0 bridgehead atoms. The first-order valence-corrected chi connectivity index (χ1v) is 6.20. The summed E-state index contributed by atoms with van der Waals surface area (Å²) in [6.45, 7) is 6.37. The number of hydrogen-bond donors (Lipinski definition) is 1. The number of nitrogens with one attached hydrogen (secondary N) is 1. The van der Waals surface area contributed by atoms with Crippen molar-refractivity contribution in [1.29, 1.82) is 0 Å². The van der Waals surface area contributed by atoms with Crippen LogP contribution in [0, 0.1) is 13.8 Å². The molecule has 1 aromatic carbocycles. The molecule has 1 unspecified atom stereocenters. The van der Waals surface area contributed by atoms with Gasteiger partial charge in [0.25, 0.3) is 0 Å². The van der Waals surface area contributed by atoms with Gasteiger partial charge in [-0.1, -0.05) is 6.07 Å². The first kappa shape index (κ1) is 11.5. The molecule has 0 amide bonds. The fraction of sp³-hybridized carbons (Fsp3) is 0.571. The molecule has 0 aromatic heterocycles. The maximum Gasteiger partial charge on any atom is 0.120 e. The Hall–Kier alpha value is -1.02. The molecule has 2 nitrogen and oxygen atoms in total. The zero-order valence-electron chi connectivity index (χ0n) is 10.3. The molecule has 1 atom stereocenters. The summed E-state index contributed by atoms with van der Waals surface area (Å²) < 4.78 is 6.01. The second-order valence-corrected chi connectivity index (χ2v) is 4.69. The molecule has 0 radical (unpaired) electrons. The zero-order chi connectivity index (χ0) is 11.4. The Bertz CT molecular complexity index is 341.